The van der Waals surface area contributed by atoms with E-state index in [9.17, 15) is 0 Å². The van der Waals surface area contributed by atoms with Crippen LogP contribution in [0.1, 0.15) is 50.2 Å². The number of thiazole rings is 1. The van der Waals surface area contributed by atoms with Crippen molar-refractivity contribution in [1.29, 1.82) is 0 Å². The van der Waals surface area contributed by atoms with Crippen molar-refractivity contribution >= 4 is 33.6 Å². The summed E-state index contributed by atoms with van der Waals surface area (Å²) < 4.78 is 0. The van der Waals surface area contributed by atoms with E-state index in [0.29, 0.717) is 12.0 Å². The summed E-state index contributed by atoms with van der Waals surface area (Å²) >= 11 is 3.59. The molecule has 0 spiro atoms. The van der Waals surface area contributed by atoms with Gasteiger partial charge in [0.15, 0.2) is 5.96 Å². The molecule has 1 saturated heterocycles. The van der Waals surface area contributed by atoms with Crippen molar-refractivity contribution in [2.45, 2.75) is 52.0 Å². The fourth-order valence-corrected chi connectivity index (χ4v) is 4.85. The Labute approximate surface area is 170 Å². The van der Waals surface area contributed by atoms with Crippen LogP contribution in [0.3, 0.4) is 0 Å². The SMILES string of the molecule is CCNC(=NCCc1csc(C(C)C)n1)NC1CCN(c2cccs2)CC1. The minimum Gasteiger partial charge on any atom is -0.363 e. The zero-order valence-corrected chi connectivity index (χ0v) is 18.2. The van der Waals surface area contributed by atoms with Crippen molar-refractivity contribution in [3.63, 3.8) is 0 Å². The highest BCUT2D eigenvalue weighted by atomic mass is 32.1. The Hall–Kier alpha value is -1.60. The van der Waals surface area contributed by atoms with Crippen LogP contribution in [0.15, 0.2) is 27.9 Å². The molecule has 5 nitrogen and oxygen atoms in total. The van der Waals surface area contributed by atoms with Gasteiger partial charge in [0.05, 0.1) is 15.7 Å². The lowest BCUT2D eigenvalue weighted by Crippen LogP contribution is -2.48. The summed E-state index contributed by atoms with van der Waals surface area (Å²) in [4.78, 5) is 12.0. The van der Waals surface area contributed by atoms with Gasteiger partial charge in [-0.1, -0.05) is 13.8 Å². The molecule has 2 aromatic heterocycles. The van der Waals surface area contributed by atoms with Gasteiger partial charge in [-0.25, -0.2) is 4.98 Å². The molecule has 0 unspecified atom stereocenters. The number of nitrogens with one attached hydrogen (secondary N) is 2. The van der Waals surface area contributed by atoms with Gasteiger partial charge in [-0.3, -0.25) is 4.99 Å². The Kier molecular flexibility index (Phi) is 7.52. The van der Waals surface area contributed by atoms with Gasteiger partial charge in [-0.05, 0) is 37.3 Å². The lowest BCUT2D eigenvalue weighted by Gasteiger charge is -2.33. The Morgan fingerprint density at radius 1 is 1.33 bits per heavy atom. The van der Waals surface area contributed by atoms with Crippen LogP contribution in [0, 0.1) is 0 Å². The first-order valence-corrected chi connectivity index (χ1v) is 11.7. The molecule has 1 fully saturated rings. The maximum atomic E-state index is 4.77. The number of guanidine groups is 1. The summed E-state index contributed by atoms with van der Waals surface area (Å²) in [5.74, 6) is 1.44. The van der Waals surface area contributed by atoms with Crippen molar-refractivity contribution in [2.75, 3.05) is 31.1 Å². The fraction of sp³-hybridized carbons (Fsp3) is 0.600. The molecule has 3 rings (SSSR count). The number of aromatic nitrogens is 1. The minimum absolute atomic E-state index is 0.492. The highest BCUT2D eigenvalue weighted by molar-refractivity contribution is 7.14. The molecule has 0 saturated carbocycles. The Bertz CT molecular complexity index is 700. The molecule has 0 aliphatic carbocycles. The highest BCUT2D eigenvalue weighted by Gasteiger charge is 2.20. The van der Waals surface area contributed by atoms with Gasteiger partial charge in [0.1, 0.15) is 0 Å². The predicted octanol–water partition coefficient (Wildman–Crippen LogP) is 4.09. The average Bonchev–Trinajstić information content (AvgIpc) is 3.35. The molecule has 1 aliphatic rings. The van der Waals surface area contributed by atoms with Crippen molar-refractivity contribution in [2.24, 2.45) is 4.99 Å². The van der Waals surface area contributed by atoms with E-state index in [1.54, 1.807) is 11.3 Å². The van der Waals surface area contributed by atoms with Gasteiger partial charge in [-0.15, -0.1) is 22.7 Å². The summed E-state index contributed by atoms with van der Waals surface area (Å²) in [6.07, 6.45) is 3.19. The molecule has 0 atom stereocenters. The van der Waals surface area contributed by atoms with Gasteiger partial charge in [0, 0.05) is 49.9 Å². The number of piperidine rings is 1. The number of hydrogen-bond acceptors (Lipinski definition) is 5. The minimum atomic E-state index is 0.492. The lowest BCUT2D eigenvalue weighted by molar-refractivity contribution is 0.463. The molecule has 0 amide bonds. The maximum Gasteiger partial charge on any atom is 0.191 e. The molecule has 2 aromatic rings. The molecule has 148 valence electrons. The monoisotopic (exact) mass is 405 g/mol. The summed E-state index contributed by atoms with van der Waals surface area (Å²) in [7, 11) is 0. The summed E-state index contributed by atoms with van der Waals surface area (Å²) in [6, 6.07) is 4.84. The predicted molar refractivity (Wildman–Crippen MR) is 119 cm³/mol. The third-order valence-corrected chi connectivity index (χ3v) is 6.82. The number of rotatable bonds is 7. The van der Waals surface area contributed by atoms with Crippen LogP contribution in [0.25, 0.3) is 0 Å². The number of thiophene rings is 1. The Morgan fingerprint density at radius 2 is 2.15 bits per heavy atom. The third kappa shape index (κ3) is 5.94. The van der Waals surface area contributed by atoms with Crippen molar-refractivity contribution in [3.8, 4) is 0 Å². The molecule has 27 heavy (non-hydrogen) atoms. The standard InChI is InChI=1S/C20H31N5S2/c1-4-21-20(22-10-7-17-14-27-19(23-17)15(2)3)24-16-8-11-25(12-9-16)18-6-5-13-26-18/h5-6,13-16H,4,7-12H2,1-3H3,(H2,21,22,24). The first-order valence-electron chi connectivity index (χ1n) is 9.93. The number of aliphatic imine (C=N–C) groups is 1. The van der Waals surface area contributed by atoms with Crippen LogP contribution in [-0.4, -0.2) is 43.2 Å². The van der Waals surface area contributed by atoms with E-state index in [1.807, 2.05) is 11.3 Å². The zero-order chi connectivity index (χ0) is 19.1. The van der Waals surface area contributed by atoms with Crippen molar-refractivity contribution in [1.82, 2.24) is 15.6 Å². The molecule has 2 N–H and O–H groups in total. The molecule has 0 radical (unpaired) electrons. The van der Waals surface area contributed by atoms with Crippen LogP contribution in [0.5, 0.6) is 0 Å². The fourth-order valence-electron chi connectivity index (χ4n) is 3.19. The number of hydrogen-bond donors (Lipinski definition) is 2. The van der Waals surface area contributed by atoms with Gasteiger partial charge >= 0.3 is 0 Å². The van der Waals surface area contributed by atoms with Crippen molar-refractivity contribution in [3.05, 3.63) is 33.6 Å². The van der Waals surface area contributed by atoms with Gasteiger partial charge in [-0.2, -0.15) is 0 Å². The molecule has 1 aliphatic heterocycles. The maximum absolute atomic E-state index is 4.77. The summed E-state index contributed by atoms with van der Waals surface area (Å²) in [6.45, 7) is 10.4. The van der Waals surface area contributed by atoms with E-state index < -0.39 is 0 Å². The van der Waals surface area contributed by atoms with Crippen LogP contribution in [0.4, 0.5) is 5.00 Å². The second-order valence-corrected chi connectivity index (χ2v) is 9.02. The first-order chi connectivity index (χ1) is 13.2. The second kappa shape index (κ2) is 10.1. The highest BCUT2D eigenvalue weighted by Crippen LogP contribution is 2.24. The van der Waals surface area contributed by atoms with Crippen LogP contribution >= 0.6 is 22.7 Å². The average molecular weight is 406 g/mol. The number of nitrogens with zero attached hydrogens (tertiary/aromatic N) is 3. The summed E-state index contributed by atoms with van der Waals surface area (Å²) in [5.41, 5.74) is 1.16. The normalized spacial score (nSPS) is 16.1. The van der Waals surface area contributed by atoms with Gasteiger partial charge in [0.2, 0.25) is 0 Å². The van der Waals surface area contributed by atoms with E-state index in [-0.39, 0.29) is 0 Å². The van der Waals surface area contributed by atoms with E-state index in [0.717, 1.165) is 57.1 Å². The number of anilines is 1. The largest absolute Gasteiger partial charge is 0.363 e. The lowest BCUT2D eigenvalue weighted by atomic mass is 10.1. The van der Waals surface area contributed by atoms with E-state index in [4.69, 9.17) is 9.98 Å². The van der Waals surface area contributed by atoms with E-state index in [2.05, 4.69) is 59.2 Å². The molecular formula is C20H31N5S2. The van der Waals surface area contributed by atoms with E-state index >= 15 is 0 Å². The van der Waals surface area contributed by atoms with Gasteiger partial charge in [0.25, 0.3) is 0 Å². The second-order valence-electron chi connectivity index (χ2n) is 7.20. The molecule has 3 heterocycles. The summed E-state index contributed by atoms with van der Waals surface area (Å²) in [5, 5.41) is 14.0. The molecule has 0 bridgehead atoms. The Morgan fingerprint density at radius 3 is 2.78 bits per heavy atom. The van der Waals surface area contributed by atoms with Gasteiger partial charge < -0.3 is 15.5 Å². The Balaban J connectivity index is 1.47. The topological polar surface area (TPSA) is 52.6 Å². The smallest absolute Gasteiger partial charge is 0.191 e. The van der Waals surface area contributed by atoms with E-state index in [1.165, 1.54) is 10.0 Å². The van der Waals surface area contributed by atoms with Crippen LogP contribution in [-0.2, 0) is 6.42 Å². The first kappa shape index (κ1) is 20.1. The zero-order valence-electron chi connectivity index (χ0n) is 16.6. The van der Waals surface area contributed by atoms with Crippen molar-refractivity contribution < 1.29 is 0 Å². The molecular weight excluding hydrogens is 374 g/mol. The molecule has 0 aromatic carbocycles. The van der Waals surface area contributed by atoms with Crippen LogP contribution < -0.4 is 15.5 Å². The van der Waals surface area contributed by atoms with Crippen LogP contribution in [0.2, 0.25) is 0 Å². The molecule has 7 heteroatoms. The quantitative estimate of drug-likeness (QED) is 0.538. The third-order valence-electron chi connectivity index (χ3n) is 4.70.